The van der Waals surface area contributed by atoms with Gasteiger partial charge in [-0.3, -0.25) is 19.7 Å². The zero-order valence-electron chi connectivity index (χ0n) is 15.6. The van der Waals surface area contributed by atoms with E-state index < -0.39 is 10.2 Å². The van der Waals surface area contributed by atoms with Crippen LogP contribution in [0.25, 0.3) is 10.2 Å². The first-order chi connectivity index (χ1) is 13.9. The fraction of sp³-hybridized carbons (Fsp3) is 0.316. The van der Waals surface area contributed by atoms with E-state index in [2.05, 4.69) is 15.3 Å². The maximum absolute atomic E-state index is 12.6. The number of aromatic nitrogens is 2. The Morgan fingerprint density at radius 3 is 2.97 bits per heavy atom. The molecule has 2 aromatic heterocycles. The van der Waals surface area contributed by atoms with Crippen LogP contribution in [0.2, 0.25) is 0 Å². The number of aryl methyl sites for hydroxylation is 2. The fourth-order valence-electron chi connectivity index (χ4n) is 3.36. The molecule has 4 rings (SSSR count). The van der Waals surface area contributed by atoms with Gasteiger partial charge in [-0.05, 0) is 44.2 Å². The number of carbonyl (C=O) groups is 1. The first-order valence-corrected chi connectivity index (χ1v) is 10.9. The Bertz CT molecular complexity index is 1170. The summed E-state index contributed by atoms with van der Waals surface area (Å²) in [5, 5.41) is 14.1. The number of amides is 1. The van der Waals surface area contributed by atoms with Crippen LogP contribution in [0.1, 0.15) is 30.2 Å². The molecular weight excluding hydrogens is 412 g/mol. The van der Waals surface area contributed by atoms with Gasteiger partial charge in [0.15, 0.2) is 5.16 Å². The lowest BCUT2D eigenvalue weighted by atomic mass is 9.97. The van der Waals surface area contributed by atoms with Crippen molar-refractivity contribution in [2.75, 3.05) is 5.32 Å². The Morgan fingerprint density at radius 1 is 1.38 bits per heavy atom. The number of H-pyrrole nitrogens is 1. The number of aromatic amines is 1. The van der Waals surface area contributed by atoms with Crippen LogP contribution in [-0.4, -0.2) is 26.0 Å². The van der Waals surface area contributed by atoms with Gasteiger partial charge in [0.25, 0.3) is 11.2 Å². The summed E-state index contributed by atoms with van der Waals surface area (Å²) in [5.41, 5.74) is 1.21. The number of nitrogens with one attached hydrogen (secondary N) is 2. The number of thiophene rings is 1. The van der Waals surface area contributed by atoms with Crippen molar-refractivity contribution in [3.05, 3.63) is 55.2 Å². The Labute approximate surface area is 173 Å². The molecule has 0 saturated heterocycles. The summed E-state index contributed by atoms with van der Waals surface area (Å²) in [6.07, 6.45) is 4.12. The summed E-state index contributed by atoms with van der Waals surface area (Å²) in [6.45, 7) is 1.70. The summed E-state index contributed by atoms with van der Waals surface area (Å²) < 4.78 is 0. The quantitative estimate of drug-likeness (QED) is 0.274. The van der Waals surface area contributed by atoms with Gasteiger partial charge in [0, 0.05) is 22.7 Å². The van der Waals surface area contributed by atoms with E-state index in [1.165, 1.54) is 23.1 Å². The largest absolute Gasteiger partial charge is 0.325 e. The van der Waals surface area contributed by atoms with E-state index in [1.54, 1.807) is 24.3 Å². The molecule has 2 N–H and O–H groups in total. The van der Waals surface area contributed by atoms with Crippen molar-refractivity contribution in [2.45, 2.75) is 43.0 Å². The molecule has 10 heteroatoms. The number of nitro groups is 1. The third-order valence-corrected chi connectivity index (χ3v) is 6.96. The van der Waals surface area contributed by atoms with E-state index in [1.807, 2.05) is 0 Å². The molecule has 0 aliphatic heterocycles. The molecule has 1 atom stereocenters. The predicted molar refractivity (Wildman–Crippen MR) is 114 cm³/mol. The summed E-state index contributed by atoms with van der Waals surface area (Å²) in [4.78, 5) is 44.8. The van der Waals surface area contributed by atoms with Crippen LogP contribution in [0.3, 0.4) is 0 Å². The molecule has 0 bridgehead atoms. The summed E-state index contributed by atoms with van der Waals surface area (Å²) >= 11 is 2.71. The first kappa shape index (κ1) is 19.6. The van der Waals surface area contributed by atoms with Crippen LogP contribution in [0.5, 0.6) is 0 Å². The molecule has 0 spiro atoms. The number of hydrogen-bond donors (Lipinski definition) is 2. The molecule has 0 fully saturated rings. The van der Waals surface area contributed by atoms with Gasteiger partial charge in [-0.15, -0.1) is 11.3 Å². The maximum Gasteiger partial charge on any atom is 0.271 e. The smallest absolute Gasteiger partial charge is 0.271 e. The van der Waals surface area contributed by atoms with Gasteiger partial charge >= 0.3 is 0 Å². The summed E-state index contributed by atoms with van der Waals surface area (Å²) in [6, 6.07) is 5.76. The lowest BCUT2D eigenvalue weighted by Crippen LogP contribution is -2.23. The number of benzene rings is 1. The second-order valence-corrected chi connectivity index (χ2v) is 9.23. The Hall–Kier alpha value is -2.72. The van der Waals surface area contributed by atoms with Crippen LogP contribution in [0.15, 0.2) is 34.2 Å². The van der Waals surface area contributed by atoms with Gasteiger partial charge in [0.1, 0.15) is 4.83 Å². The number of non-ortho nitro benzene ring substituents is 1. The van der Waals surface area contributed by atoms with Crippen LogP contribution < -0.4 is 10.9 Å². The molecule has 29 heavy (non-hydrogen) atoms. The van der Waals surface area contributed by atoms with E-state index >= 15 is 0 Å². The average Bonchev–Trinajstić information content (AvgIpc) is 3.06. The van der Waals surface area contributed by atoms with Gasteiger partial charge in [-0.1, -0.05) is 17.8 Å². The zero-order valence-corrected chi connectivity index (χ0v) is 17.2. The zero-order chi connectivity index (χ0) is 20.5. The average molecular weight is 431 g/mol. The molecule has 1 aliphatic rings. The Morgan fingerprint density at radius 2 is 2.17 bits per heavy atom. The normalized spacial score (nSPS) is 14.4. The number of hydrogen-bond acceptors (Lipinski definition) is 7. The molecule has 3 aromatic rings. The molecule has 0 saturated carbocycles. The third-order valence-electron chi connectivity index (χ3n) is 4.79. The Kier molecular flexibility index (Phi) is 5.37. The number of anilines is 1. The van der Waals surface area contributed by atoms with Crippen molar-refractivity contribution < 1.29 is 9.72 Å². The van der Waals surface area contributed by atoms with Crippen molar-refractivity contribution in [1.82, 2.24) is 9.97 Å². The highest BCUT2D eigenvalue weighted by Crippen LogP contribution is 2.34. The molecule has 1 amide bonds. The number of nitro benzene ring substituents is 1. The highest BCUT2D eigenvalue weighted by Gasteiger charge is 2.22. The van der Waals surface area contributed by atoms with Crippen LogP contribution in [0, 0.1) is 10.1 Å². The summed E-state index contributed by atoms with van der Waals surface area (Å²) in [5.74, 6) is -0.330. The molecule has 150 valence electrons. The number of carbonyl (C=O) groups excluding carboxylic acids is 1. The second kappa shape index (κ2) is 7.96. The first-order valence-electron chi connectivity index (χ1n) is 9.19. The van der Waals surface area contributed by atoms with Crippen molar-refractivity contribution in [2.24, 2.45) is 0 Å². The van der Waals surface area contributed by atoms with Crippen LogP contribution in [-0.2, 0) is 17.6 Å². The number of fused-ring (bicyclic) bond motifs is 3. The second-order valence-electron chi connectivity index (χ2n) is 6.82. The van der Waals surface area contributed by atoms with Crippen molar-refractivity contribution in [3.8, 4) is 0 Å². The third kappa shape index (κ3) is 4.03. The van der Waals surface area contributed by atoms with Gasteiger partial charge in [-0.2, -0.15) is 0 Å². The maximum atomic E-state index is 12.6. The van der Waals surface area contributed by atoms with Gasteiger partial charge in [-0.25, -0.2) is 4.98 Å². The van der Waals surface area contributed by atoms with Crippen molar-refractivity contribution >= 4 is 50.6 Å². The number of rotatable bonds is 5. The SMILES string of the molecule is CC(Sc1nc2sc3c(c2c(=O)[nH]1)CCCC3)C(=O)Nc1cccc([N+](=O)[O-])c1. The number of thioether (sulfide) groups is 1. The van der Waals surface area contributed by atoms with E-state index in [0.29, 0.717) is 16.2 Å². The van der Waals surface area contributed by atoms with Gasteiger partial charge in [0.05, 0.1) is 15.6 Å². The molecule has 8 nitrogen and oxygen atoms in total. The minimum atomic E-state index is -0.551. The number of nitrogens with zero attached hydrogens (tertiary/aromatic N) is 2. The Balaban J connectivity index is 1.52. The minimum absolute atomic E-state index is 0.0961. The van der Waals surface area contributed by atoms with Gasteiger partial charge < -0.3 is 10.3 Å². The van der Waals surface area contributed by atoms with Gasteiger partial charge in [0.2, 0.25) is 5.91 Å². The van der Waals surface area contributed by atoms with E-state index in [4.69, 9.17) is 0 Å². The van der Waals surface area contributed by atoms with E-state index in [0.717, 1.165) is 47.8 Å². The highest BCUT2D eigenvalue weighted by molar-refractivity contribution is 8.00. The summed E-state index contributed by atoms with van der Waals surface area (Å²) in [7, 11) is 0. The van der Waals surface area contributed by atoms with Crippen LogP contribution in [0.4, 0.5) is 11.4 Å². The molecule has 1 unspecified atom stereocenters. The van der Waals surface area contributed by atoms with Crippen molar-refractivity contribution in [1.29, 1.82) is 0 Å². The topological polar surface area (TPSA) is 118 Å². The fourth-order valence-corrected chi connectivity index (χ4v) is 5.48. The standard InChI is InChI=1S/C19H18N4O4S2/c1-10(16(24)20-11-5-4-6-12(9-11)23(26)27)28-19-21-17(25)15-13-7-2-3-8-14(13)29-18(15)22-19/h4-6,9-10H,2-3,7-8H2,1H3,(H,20,24)(H,21,22,25). The lowest BCUT2D eigenvalue weighted by Gasteiger charge is -2.11. The molecule has 1 aromatic carbocycles. The molecule has 1 aliphatic carbocycles. The van der Waals surface area contributed by atoms with E-state index in [9.17, 15) is 19.7 Å². The van der Waals surface area contributed by atoms with E-state index in [-0.39, 0.29) is 17.2 Å². The molecular formula is C19H18N4O4S2. The monoisotopic (exact) mass is 430 g/mol. The molecule has 2 heterocycles. The van der Waals surface area contributed by atoms with Crippen LogP contribution >= 0.6 is 23.1 Å². The minimum Gasteiger partial charge on any atom is -0.325 e. The lowest BCUT2D eigenvalue weighted by molar-refractivity contribution is -0.384. The molecule has 0 radical (unpaired) electrons. The predicted octanol–water partition coefficient (Wildman–Crippen LogP) is 3.89. The highest BCUT2D eigenvalue weighted by atomic mass is 32.2. The van der Waals surface area contributed by atoms with Crippen molar-refractivity contribution in [3.63, 3.8) is 0 Å².